The number of rotatable bonds is 5. The van der Waals surface area contributed by atoms with Gasteiger partial charge < -0.3 is 9.69 Å². The van der Waals surface area contributed by atoms with Crippen molar-refractivity contribution in [3.63, 3.8) is 0 Å². The predicted octanol–water partition coefficient (Wildman–Crippen LogP) is 3.27. The largest absolute Gasteiger partial charge is 0.302 e. The fraction of sp³-hybridized carbons (Fsp3) is 0.588. The molecule has 104 valence electrons. The predicted molar refractivity (Wildman–Crippen MR) is 79.3 cm³/mol. The van der Waals surface area contributed by atoms with E-state index in [1.165, 1.54) is 19.3 Å². The summed E-state index contributed by atoms with van der Waals surface area (Å²) in [5.74, 6) is 0.806. The average Bonchev–Trinajstić information content (AvgIpc) is 2.48. The molecule has 2 rings (SSSR count). The highest BCUT2D eigenvalue weighted by Crippen LogP contribution is 2.26. The Labute approximate surface area is 116 Å². The molecule has 0 N–H and O–H groups in total. The van der Waals surface area contributed by atoms with Crippen molar-refractivity contribution < 1.29 is 4.79 Å². The second kappa shape index (κ2) is 6.33. The van der Waals surface area contributed by atoms with Crippen molar-refractivity contribution in [2.75, 3.05) is 19.6 Å². The van der Waals surface area contributed by atoms with E-state index in [9.17, 15) is 4.79 Å². The highest BCUT2D eigenvalue weighted by atomic mass is 16.1. The summed E-state index contributed by atoms with van der Waals surface area (Å²) in [6.45, 7) is 7.45. The molecule has 1 aliphatic heterocycles. The lowest BCUT2D eigenvalue weighted by Crippen LogP contribution is -2.44. The van der Waals surface area contributed by atoms with Crippen molar-refractivity contribution >= 4 is 6.29 Å². The molecule has 0 saturated carbocycles. The Morgan fingerprint density at radius 1 is 1.37 bits per heavy atom. The van der Waals surface area contributed by atoms with Gasteiger partial charge in [-0.15, -0.1) is 0 Å². The third kappa shape index (κ3) is 3.44. The smallest absolute Gasteiger partial charge is 0.131 e. The average molecular weight is 259 g/mol. The van der Waals surface area contributed by atoms with Gasteiger partial charge in [-0.3, -0.25) is 0 Å². The number of aldehydes is 1. The summed E-state index contributed by atoms with van der Waals surface area (Å²) in [7, 11) is 0. The maximum atomic E-state index is 11.6. The molecule has 0 aliphatic carbocycles. The van der Waals surface area contributed by atoms with Crippen molar-refractivity contribution in [2.24, 2.45) is 5.92 Å². The molecular weight excluding hydrogens is 234 g/mol. The first-order valence-corrected chi connectivity index (χ1v) is 7.42. The van der Waals surface area contributed by atoms with Crippen LogP contribution >= 0.6 is 0 Å². The van der Waals surface area contributed by atoms with Crippen LogP contribution in [0.15, 0.2) is 30.3 Å². The molecule has 19 heavy (non-hydrogen) atoms. The summed E-state index contributed by atoms with van der Waals surface area (Å²) >= 11 is 0. The first kappa shape index (κ1) is 14.3. The van der Waals surface area contributed by atoms with E-state index < -0.39 is 0 Å². The van der Waals surface area contributed by atoms with Gasteiger partial charge in [0.1, 0.15) is 6.29 Å². The number of hydrogen-bond acceptors (Lipinski definition) is 2. The van der Waals surface area contributed by atoms with Crippen LogP contribution in [-0.4, -0.2) is 30.8 Å². The summed E-state index contributed by atoms with van der Waals surface area (Å²) in [5.41, 5.74) is 0.750. The van der Waals surface area contributed by atoms with E-state index in [-0.39, 0.29) is 5.41 Å². The van der Waals surface area contributed by atoms with Gasteiger partial charge in [0.05, 0.1) is 5.41 Å². The zero-order valence-electron chi connectivity index (χ0n) is 12.1. The second-order valence-corrected chi connectivity index (χ2v) is 6.05. The Kier molecular flexibility index (Phi) is 4.76. The van der Waals surface area contributed by atoms with Crippen molar-refractivity contribution in [3.8, 4) is 0 Å². The lowest BCUT2D eigenvalue weighted by molar-refractivity contribution is -0.113. The topological polar surface area (TPSA) is 20.3 Å². The van der Waals surface area contributed by atoms with Crippen LogP contribution < -0.4 is 0 Å². The molecule has 0 amide bonds. The Bertz CT molecular complexity index is 403. The highest BCUT2D eigenvalue weighted by Gasteiger charge is 2.30. The maximum Gasteiger partial charge on any atom is 0.131 e. The summed E-state index contributed by atoms with van der Waals surface area (Å²) in [6, 6.07) is 10.2. The monoisotopic (exact) mass is 259 g/mol. The molecule has 1 saturated heterocycles. The lowest BCUT2D eigenvalue weighted by Gasteiger charge is -2.37. The Morgan fingerprint density at radius 2 is 2.11 bits per heavy atom. The van der Waals surface area contributed by atoms with Gasteiger partial charge in [-0.05, 0) is 37.8 Å². The molecular formula is C17H25NO. The molecule has 0 spiro atoms. The van der Waals surface area contributed by atoms with Crippen LogP contribution in [0, 0.1) is 5.92 Å². The van der Waals surface area contributed by atoms with Crippen LogP contribution in [0.3, 0.4) is 0 Å². The van der Waals surface area contributed by atoms with Gasteiger partial charge in [0.2, 0.25) is 0 Å². The fourth-order valence-electron chi connectivity index (χ4n) is 3.11. The van der Waals surface area contributed by atoms with Crippen LogP contribution in [0.5, 0.6) is 0 Å². The maximum absolute atomic E-state index is 11.6. The van der Waals surface area contributed by atoms with Gasteiger partial charge in [-0.1, -0.05) is 43.7 Å². The third-order valence-corrected chi connectivity index (χ3v) is 4.43. The van der Waals surface area contributed by atoms with Crippen LogP contribution in [0.1, 0.15) is 38.7 Å². The normalized spacial score (nSPS) is 23.8. The van der Waals surface area contributed by atoms with Gasteiger partial charge >= 0.3 is 0 Å². The molecule has 0 aromatic heterocycles. The lowest BCUT2D eigenvalue weighted by atomic mass is 9.82. The zero-order valence-corrected chi connectivity index (χ0v) is 12.1. The van der Waals surface area contributed by atoms with E-state index in [2.05, 4.69) is 30.9 Å². The molecule has 2 unspecified atom stereocenters. The number of carbonyl (C=O) groups excluding carboxylic acids is 1. The van der Waals surface area contributed by atoms with E-state index in [0.717, 1.165) is 37.4 Å². The molecule has 2 atom stereocenters. The highest BCUT2D eigenvalue weighted by molar-refractivity contribution is 5.68. The Balaban J connectivity index is 2.08. The minimum Gasteiger partial charge on any atom is -0.302 e. The number of likely N-dealkylation sites (tertiary alicyclic amines) is 1. The van der Waals surface area contributed by atoms with Crippen LogP contribution in [0.2, 0.25) is 0 Å². The van der Waals surface area contributed by atoms with E-state index >= 15 is 0 Å². The summed E-state index contributed by atoms with van der Waals surface area (Å²) in [5, 5.41) is 0. The van der Waals surface area contributed by atoms with Crippen LogP contribution in [-0.2, 0) is 10.2 Å². The summed E-state index contributed by atoms with van der Waals surface area (Å²) in [6.07, 6.45) is 4.98. The number of carbonyl (C=O) groups is 1. The number of piperidine rings is 1. The van der Waals surface area contributed by atoms with Crippen molar-refractivity contribution in [1.29, 1.82) is 0 Å². The van der Waals surface area contributed by atoms with Crippen LogP contribution in [0.4, 0.5) is 0 Å². The molecule has 2 nitrogen and oxygen atoms in total. The molecule has 1 aromatic rings. The fourth-order valence-corrected chi connectivity index (χ4v) is 3.11. The van der Waals surface area contributed by atoms with E-state index in [1.807, 2.05) is 18.2 Å². The Hall–Kier alpha value is -1.15. The molecule has 1 heterocycles. The SMILES string of the molecule is CCC1CCCN(CC(C)(C=O)c2ccccc2)C1. The van der Waals surface area contributed by atoms with Crippen molar-refractivity contribution in [2.45, 2.75) is 38.5 Å². The number of benzene rings is 1. The van der Waals surface area contributed by atoms with Gasteiger partial charge in [0.25, 0.3) is 0 Å². The van der Waals surface area contributed by atoms with Crippen LogP contribution in [0.25, 0.3) is 0 Å². The van der Waals surface area contributed by atoms with Gasteiger partial charge in [-0.25, -0.2) is 0 Å². The minimum absolute atomic E-state index is 0.378. The summed E-state index contributed by atoms with van der Waals surface area (Å²) < 4.78 is 0. The Morgan fingerprint density at radius 3 is 2.74 bits per heavy atom. The standard InChI is InChI=1S/C17H25NO/c1-3-15-8-7-11-18(12-15)13-17(2,14-19)16-9-5-4-6-10-16/h4-6,9-10,14-15H,3,7-8,11-13H2,1-2H3. The third-order valence-electron chi connectivity index (χ3n) is 4.43. The molecule has 1 fully saturated rings. The van der Waals surface area contributed by atoms with Gasteiger partial charge in [0.15, 0.2) is 0 Å². The molecule has 0 radical (unpaired) electrons. The zero-order chi connectivity index (χ0) is 13.7. The van der Waals surface area contributed by atoms with E-state index in [4.69, 9.17) is 0 Å². The van der Waals surface area contributed by atoms with Gasteiger partial charge in [0, 0.05) is 13.1 Å². The first-order valence-electron chi connectivity index (χ1n) is 7.42. The number of nitrogens with zero attached hydrogens (tertiary/aromatic N) is 1. The quantitative estimate of drug-likeness (QED) is 0.756. The molecule has 2 heteroatoms. The van der Waals surface area contributed by atoms with Crippen molar-refractivity contribution in [3.05, 3.63) is 35.9 Å². The van der Waals surface area contributed by atoms with Crippen molar-refractivity contribution in [1.82, 2.24) is 4.90 Å². The van der Waals surface area contributed by atoms with Gasteiger partial charge in [-0.2, -0.15) is 0 Å². The molecule has 0 bridgehead atoms. The minimum atomic E-state index is -0.378. The first-order chi connectivity index (χ1) is 9.18. The number of hydrogen-bond donors (Lipinski definition) is 0. The van der Waals surface area contributed by atoms with E-state index in [0.29, 0.717) is 0 Å². The molecule has 1 aliphatic rings. The van der Waals surface area contributed by atoms with E-state index in [1.54, 1.807) is 0 Å². The molecule has 1 aromatic carbocycles. The second-order valence-electron chi connectivity index (χ2n) is 6.05. The summed E-state index contributed by atoms with van der Waals surface area (Å²) in [4.78, 5) is 14.1.